The maximum absolute atomic E-state index is 10.1. The molecule has 1 atom stereocenters. The minimum Gasteiger partial charge on any atom is -0.481 e. The molecule has 52 valence electrons. The molecule has 0 saturated heterocycles. The van der Waals surface area contributed by atoms with E-state index in [4.69, 9.17) is 5.11 Å². The number of carboxylic acids is 1. The smallest absolute Gasteiger partial charge is 0.310 e. The monoisotopic (exact) mass is 192 g/mol. The van der Waals surface area contributed by atoms with Crippen LogP contribution in [0.4, 0.5) is 0 Å². The van der Waals surface area contributed by atoms with Crippen LogP contribution in [0.3, 0.4) is 0 Å². The standard InChI is InChI=1S/C6H9BrO2/c1-5(6(8)9)3-2-4-7/h2-3,5H,4H2,1H3,(H,8,9)/b3-2+. The summed E-state index contributed by atoms with van der Waals surface area (Å²) in [5.41, 5.74) is 0. The van der Waals surface area contributed by atoms with Gasteiger partial charge in [0.2, 0.25) is 0 Å². The van der Waals surface area contributed by atoms with E-state index in [0.29, 0.717) is 5.33 Å². The van der Waals surface area contributed by atoms with Crippen LogP contribution in [-0.4, -0.2) is 16.4 Å². The van der Waals surface area contributed by atoms with E-state index in [1.54, 1.807) is 19.1 Å². The van der Waals surface area contributed by atoms with Crippen LogP contribution in [0.2, 0.25) is 0 Å². The highest BCUT2D eigenvalue weighted by Crippen LogP contribution is 1.96. The Bertz CT molecular complexity index is 120. The highest BCUT2D eigenvalue weighted by Gasteiger charge is 2.03. The Labute approximate surface area is 62.7 Å². The van der Waals surface area contributed by atoms with E-state index in [2.05, 4.69) is 15.9 Å². The molecule has 0 spiro atoms. The molecule has 0 amide bonds. The van der Waals surface area contributed by atoms with Crippen molar-refractivity contribution in [3.8, 4) is 0 Å². The van der Waals surface area contributed by atoms with Crippen molar-refractivity contribution in [3.63, 3.8) is 0 Å². The van der Waals surface area contributed by atoms with Crippen LogP contribution < -0.4 is 0 Å². The summed E-state index contributed by atoms with van der Waals surface area (Å²) >= 11 is 3.15. The van der Waals surface area contributed by atoms with Crippen molar-refractivity contribution >= 4 is 21.9 Å². The number of rotatable bonds is 3. The molecule has 0 radical (unpaired) electrons. The molecular weight excluding hydrogens is 184 g/mol. The van der Waals surface area contributed by atoms with Gasteiger partial charge in [-0.15, -0.1) is 0 Å². The zero-order valence-electron chi connectivity index (χ0n) is 5.17. The van der Waals surface area contributed by atoms with Crippen LogP contribution in [0.1, 0.15) is 6.92 Å². The maximum Gasteiger partial charge on any atom is 0.310 e. The summed E-state index contributed by atoms with van der Waals surface area (Å²) in [6, 6.07) is 0. The second kappa shape index (κ2) is 4.56. The zero-order chi connectivity index (χ0) is 7.28. The van der Waals surface area contributed by atoms with Crippen LogP contribution in [0.5, 0.6) is 0 Å². The van der Waals surface area contributed by atoms with Crippen LogP contribution in [0.25, 0.3) is 0 Å². The molecule has 0 aliphatic rings. The number of aliphatic carboxylic acids is 1. The van der Waals surface area contributed by atoms with Crippen molar-refractivity contribution in [2.24, 2.45) is 5.92 Å². The number of carboxylic acid groups (broad SMARTS) is 1. The van der Waals surface area contributed by atoms with E-state index < -0.39 is 5.97 Å². The van der Waals surface area contributed by atoms with Crippen molar-refractivity contribution in [2.75, 3.05) is 5.33 Å². The highest BCUT2D eigenvalue weighted by molar-refractivity contribution is 9.09. The van der Waals surface area contributed by atoms with Crippen molar-refractivity contribution in [2.45, 2.75) is 6.92 Å². The molecule has 0 heterocycles. The summed E-state index contributed by atoms with van der Waals surface area (Å²) in [6.07, 6.45) is 3.43. The van der Waals surface area contributed by atoms with Gasteiger partial charge in [-0.1, -0.05) is 28.1 Å². The first-order chi connectivity index (χ1) is 4.18. The first kappa shape index (κ1) is 8.69. The second-order valence-corrected chi connectivity index (χ2v) is 2.36. The third-order valence-electron chi connectivity index (χ3n) is 0.903. The van der Waals surface area contributed by atoms with Gasteiger partial charge in [-0.05, 0) is 6.92 Å². The van der Waals surface area contributed by atoms with Crippen LogP contribution in [0, 0.1) is 5.92 Å². The SMILES string of the molecule is CC(/C=C/CBr)C(=O)O. The molecule has 1 unspecified atom stereocenters. The van der Waals surface area contributed by atoms with Gasteiger partial charge in [-0.25, -0.2) is 0 Å². The van der Waals surface area contributed by atoms with Crippen molar-refractivity contribution in [3.05, 3.63) is 12.2 Å². The van der Waals surface area contributed by atoms with E-state index >= 15 is 0 Å². The minimum absolute atomic E-state index is 0.373. The topological polar surface area (TPSA) is 37.3 Å². The average molecular weight is 193 g/mol. The predicted octanol–water partition coefficient (Wildman–Crippen LogP) is 1.66. The highest BCUT2D eigenvalue weighted by atomic mass is 79.9. The molecule has 0 bridgehead atoms. The molecule has 0 aromatic heterocycles. The Hall–Kier alpha value is -0.310. The Morgan fingerprint density at radius 2 is 2.44 bits per heavy atom. The number of halogens is 1. The van der Waals surface area contributed by atoms with Crippen LogP contribution >= 0.6 is 15.9 Å². The summed E-state index contributed by atoms with van der Waals surface area (Å²) in [4.78, 5) is 10.1. The average Bonchev–Trinajstić information content (AvgIpc) is 1.82. The molecule has 1 N–H and O–H groups in total. The molecule has 9 heavy (non-hydrogen) atoms. The summed E-state index contributed by atoms with van der Waals surface area (Å²) in [6.45, 7) is 1.64. The maximum atomic E-state index is 10.1. The zero-order valence-corrected chi connectivity index (χ0v) is 6.76. The lowest BCUT2D eigenvalue weighted by atomic mass is 10.2. The molecule has 0 aliphatic carbocycles. The number of alkyl halides is 1. The minimum atomic E-state index is -0.785. The quantitative estimate of drug-likeness (QED) is 0.546. The van der Waals surface area contributed by atoms with E-state index in [0.717, 1.165) is 0 Å². The van der Waals surface area contributed by atoms with E-state index in [-0.39, 0.29) is 5.92 Å². The Kier molecular flexibility index (Phi) is 4.40. The third-order valence-corrected chi connectivity index (χ3v) is 1.28. The van der Waals surface area contributed by atoms with Crippen molar-refractivity contribution < 1.29 is 9.90 Å². The Morgan fingerprint density at radius 3 is 2.78 bits per heavy atom. The van der Waals surface area contributed by atoms with Gasteiger partial charge < -0.3 is 5.11 Å². The predicted molar refractivity (Wildman–Crippen MR) is 39.7 cm³/mol. The molecule has 0 aromatic carbocycles. The number of hydrogen-bond donors (Lipinski definition) is 1. The van der Waals surface area contributed by atoms with Gasteiger partial charge in [-0.2, -0.15) is 0 Å². The van der Waals surface area contributed by atoms with Gasteiger partial charge >= 0.3 is 5.97 Å². The lowest BCUT2D eigenvalue weighted by molar-refractivity contribution is -0.139. The Balaban J connectivity index is 3.62. The van der Waals surface area contributed by atoms with Gasteiger partial charge in [0.1, 0.15) is 0 Å². The lowest BCUT2D eigenvalue weighted by Gasteiger charge is -1.94. The number of hydrogen-bond acceptors (Lipinski definition) is 1. The van der Waals surface area contributed by atoms with Crippen LogP contribution in [-0.2, 0) is 4.79 Å². The third kappa shape index (κ3) is 4.21. The van der Waals surface area contributed by atoms with Gasteiger partial charge in [0.25, 0.3) is 0 Å². The van der Waals surface area contributed by atoms with Crippen molar-refractivity contribution in [1.82, 2.24) is 0 Å². The second-order valence-electron chi connectivity index (χ2n) is 1.71. The molecule has 0 aromatic rings. The first-order valence-corrected chi connectivity index (χ1v) is 3.76. The fraction of sp³-hybridized carbons (Fsp3) is 0.500. The fourth-order valence-corrected chi connectivity index (χ4v) is 0.554. The van der Waals surface area contributed by atoms with E-state index in [9.17, 15) is 4.79 Å². The van der Waals surface area contributed by atoms with Gasteiger partial charge in [-0.3, -0.25) is 4.79 Å². The summed E-state index contributed by atoms with van der Waals surface area (Å²) < 4.78 is 0. The van der Waals surface area contributed by atoms with Crippen LogP contribution in [0.15, 0.2) is 12.2 Å². The molecule has 2 nitrogen and oxygen atoms in total. The number of allylic oxidation sites excluding steroid dienone is 1. The molecule has 3 heteroatoms. The largest absolute Gasteiger partial charge is 0.481 e. The molecular formula is C6H9BrO2. The molecule has 0 saturated carbocycles. The number of carbonyl (C=O) groups is 1. The van der Waals surface area contributed by atoms with Gasteiger partial charge in [0, 0.05) is 5.33 Å². The normalized spacial score (nSPS) is 14.0. The van der Waals surface area contributed by atoms with E-state index in [1.165, 1.54) is 0 Å². The Morgan fingerprint density at radius 1 is 1.89 bits per heavy atom. The fourth-order valence-electron chi connectivity index (χ4n) is 0.338. The first-order valence-electron chi connectivity index (χ1n) is 2.64. The van der Waals surface area contributed by atoms with E-state index in [1.807, 2.05) is 0 Å². The van der Waals surface area contributed by atoms with Gasteiger partial charge in [0.05, 0.1) is 5.92 Å². The molecule has 0 fully saturated rings. The molecule has 0 aliphatic heterocycles. The molecule has 0 rings (SSSR count). The summed E-state index contributed by atoms with van der Waals surface area (Å²) in [7, 11) is 0. The van der Waals surface area contributed by atoms with Gasteiger partial charge in [0.15, 0.2) is 0 Å². The lowest BCUT2D eigenvalue weighted by Crippen LogP contribution is -2.05. The van der Waals surface area contributed by atoms with Crippen molar-refractivity contribution in [1.29, 1.82) is 0 Å². The summed E-state index contributed by atoms with van der Waals surface area (Å²) in [5.74, 6) is -1.16. The summed E-state index contributed by atoms with van der Waals surface area (Å²) in [5, 5.41) is 9.05.